The van der Waals surface area contributed by atoms with Crippen molar-refractivity contribution in [2.45, 2.75) is 57.6 Å². The minimum atomic E-state index is -0.831. The Balaban J connectivity index is 2.43. The van der Waals surface area contributed by atoms with Gasteiger partial charge in [0, 0.05) is 12.2 Å². The molecule has 1 unspecified atom stereocenters. The molecular formula is C16H24F2N2O. The zero-order valence-corrected chi connectivity index (χ0v) is 12.7. The van der Waals surface area contributed by atoms with Crippen molar-refractivity contribution >= 4 is 0 Å². The number of hydrogen-bond acceptors (Lipinski definition) is 3. The Labute approximate surface area is 124 Å². The Morgan fingerprint density at radius 1 is 1.24 bits per heavy atom. The molecule has 0 amide bonds. The number of halogens is 2. The Morgan fingerprint density at radius 3 is 2.48 bits per heavy atom. The van der Waals surface area contributed by atoms with Crippen LogP contribution in [0, 0.1) is 18.6 Å². The van der Waals surface area contributed by atoms with Crippen LogP contribution in [-0.2, 0) is 4.74 Å². The van der Waals surface area contributed by atoms with Crippen molar-refractivity contribution < 1.29 is 13.5 Å². The molecule has 1 aliphatic carbocycles. The molecule has 1 saturated carbocycles. The molecule has 0 aromatic heterocycles. The van der Waals surface area contributed by atoms with Crippen LogP contribution in [0.25, 0.3) is 0 Å². The molecule has 3 nitrogen and oxygen atoms in total. The fraction of sp³-hybridized carbons (Fsp3) is 0.625. The first kappa shape index (κ1) is 16.3. The maximum Gasteiger partial charge on any atom is 0.164 e. The van der Waals surface area contributed by atoms with Gasteiger partial charge in [-0.25, -0.2) is 14.2 Å². The van der Waals surface area contributed by atoms with Gasteiger partial charge in [-0.2, -0.15) is 0 Å². The molecule has 0 bridgehead atoms. The molecule has 1 fully saturated rings. The van der Waals surface area contributed by atoms with Gasteiger partial charge < -0.3 is 4.74 Å². The number of hydrogen-bond donors (Lipinski definition) is 2. The summed E-state index contributed by atoms with van der Waals surface area (Å²) in [5.74, 6) is 4.05. The highest BCUT2D eigenvalue weighted by Crippen LogP contribution is 2.42. The predicted octanol–water partition coefficient (Wildman–Crippen LogP) is 3.52. The van der Waals surface area contributed by atoms with E-state index in [1.54, 1.807) is 19.1 Å². The lowest BCUT2D eigenvalue weighted by atomic mass is 9.76. The van der Waals surface area contributed by atoms with E-state index in [0.717, 1.165) is 32.1 Å². The number of aryl methyl sites for hydroxylation is 1. The number of ether oxygens (including phenoxy) is 1. The standard InChI is InChI=1S/C16H24F2N2O/c1-3-21-16(9-5-4-6-10-16)15(20-19)12-8-7-11(2)13(17)14(12)18/h7-8,15,20H,3-6,9-10,19H2,1-2H3. The van der Waals surface area contributed by atoms with Crippen molar-refractivity contribution in [2.75, 3.05) is 6.61 Å². The maximum atomic E-state index is 14.3. The van der Waals surface area contributed by atoms with Gasteiger partial charge >= 0.3 is 0 Å². The normalized spacial score (nSPS) is 19.5. The molecule has 21 heavy (non-hydrogen) atoms. The van der Waals surface area contributed by atoms with Crippen LogP contribution in [0.4, 0.5) is 8.78 Å². The van der Waals surface area contributed by atoms with Crippen LogP contribution in [0.2, 0.25) is 0 Å². The van der Waals surface area contributed by atoms with Crippen LogP contribution in [0.5, 0.6) is 0 Å². The highest BCUT2D eigenvalue weighted by molar-refractivity contribution is 5.30. The lowest BCUT2D eigenvalue weighted by molar-refractivity contribution is -0.0920. The minimum Gasteiger partial charge on any atom is -0.373 e. The van der Waals surface area contributed by atoms with Gasteiger partial charge in [-0.05, 0) is 32.3 Å². The lowest BCUT2D eigenvalue weighted by Gasteiger charge is -2.43. The molecule has 0 radical (unpaired) electrons. The number of rotatable bonds is 5. The molecule has 0 heterocycles. The Morgan fingerprint density at radius 2 is 1.90 bits per heavy atom. The first-order valence-corrected chi connectivity index (χ1v) is 7.60. The van der Waals surface area contributed by atoms with E-state index in [2.05, 4.69) is 5.43 Å². The van der Waals surface area contributed by atoms with Crippen LogP contribution in [0.1, 0.15) is 56.2 Å². The summed E-state index contributed by atoms with van der Waals surface area (Å²) in [7, 11) is 0. The van der Waals surface area contributed by atoms with Gasteiger partial charge in [0.15, 0.2) is 11.6 Å². The van der Waals surface area contributed by atoms with Gasteiger partial charge in [0.25, 0.3) is 0 Å². The average molecular weight is 298 g/mol. The smallest absolute Gasteiger partial charge is 0.164 e. The third kappa shape index (κ3) is 3.10. The van der Waals surface area contributed by atoms with Crippen LogP contribution < -0.4 is 11.3 Å². The van der Waals surface area contributed by atoms with Crippen molar-refractivity contribution in [3.63, 3.8) is 0 Å². The Kier molecular flexibility index (Phi) is 5.30. The second-order valence-electron chi connectivity index (χ2n) is 5.76. The highest BCUT2D eigenvalue weighted by atomic mass is 19.2. The highest BCUT2D eigenvalue weighted by Gasteiger charge is 2.42. The largest absolute Gasteiger partial charge is 0.373 e. The molecule has 3 N–H and O–H groups in total. The van der Waals surface area contributed by atoms with E-state index in [4.69, 9.17) is 10.6 Å². The summed E-state index contributed by atoms with van der Waals surface area (Å²) in [6, 6.07) is 2.64. The van der Waals surface area contributed by atoms with Crippen molar-refractivity contribution in [1.82, 2.24) is 5.43 Å². The van der Waals surface area contributed by atoms with Gasteiger partial charge in [-0.3, -0.25) is 5.84 Å². The van der Waals surface area contributed by atoms with E-state index < -0.39 is 23.3 Å². The third-order valence-corrected chi connectivity index (χ3v) is 4.44. The quantitative estimate of drug-likeness (QED) is 0.646. The van der Waals surface area contributed by atoms with E-state index in [0.29, 0.717) is 12.2 Å². The van der Waals surface area contributed by atoms with Gasteiger partial charge in [-0.1, -0.05) is 31.4 Å². The van der Waals surface area contributed by atoms with Crippen LogP contribution >= 0.6 is 0 Å². The molecular weight excluding hydrogens is 274 g/mol. The maximum absolute atomic E-state index is 14.3. The number of benzene rings is 1. The summed E-state index contributed by atoms with van der Waals surface area (Å²) in [5, 5.41) is 0. The van der Waals surface area contributed by atoms with Gasteiger partial charge in [0.1, 0.15) is 0 Å². The van der Waals surface area contributed by atoms with Crippen molar-refractivity contribution in [2.24, 2.45) is 5.84 Å². The molecule has 2 rings (SSSR count). The second-order valence-corrected chi connectivity index (χ2v) is 5.76. The fourth-order valence-corrected chi connectivity index (χ4v) is 3.36. The molecule has 1 atom stereocenters. The fourth-order valence-electron chi connectivity index (χ4n) is 3.36. The zero-order chi connectivity index (χ0) is 15.5. The topological polar surface area (TPSA) is 47.3 Å². The Hall–Kier alpha value is -1.04. The zero-order valence-electron chi connectivity index (χ0n) is 12.7. The first-order chi connectivity index (χ1) is 10.1. The molecule has 0 saturated heterocycles. The second kappa shape index (κ2) is 6.81. The summed E-state index contributed by atoms with van der Waals surface area (Å²) >= 11 is 0. The average Bonchev–Trinajstić information content (AvgIpc) is 2.49. The van der Waals surface area contributed by atoms with Crippen molar-refractivity contribution in [3.8, 4) is 0 Å². The summed E-state index contributed by atoms with van der Waals surface area (Å²) in [4.78, 5) is 0. The third-order valence-electron chi connectivity index (χ3n) is 4.44. The van der Waals surface area contributed by atoms with Crippen molar-refractivity contribution in [1.29, 1.82) is 0 Å². The molecule has 5 heteroatoms. The summed E-state index contributed by atoms with van der Waals surface area (Å²) in [6.07, 6.45) is 4.74. The molecule has 118 valence electrons. The lowest BCUT2D eigenvalue weighted by Crippen LogP contribution is -2.50. The molecule has 0 spiro atoms. The SMILES string of the molecule is CCOC1(C(NN)c2ccc(C)c(F)c2F)CCCCC1. The van der Waals surface area contributed by atoms with Gasteiger partial charge in [0.2, 0.25) is 0 Å². The van der Waals surface area contributed by atoms with Gasteiger partial charge in [-0.15, -0.1) is 0 Å². The Bertz CT molecular complexity index is 482. The van der Waals surface area contributed by atoms with E-state index >= 15 is 0 Å². The van der Waals surface area contributed by atoms with E-state index in [1.807, 2.05) is 6.92 Å². The molecule has 1 aromatic carbocycles. The van der Waals surface area contributed by atoms with Gasteiger partial charge in [0.05, 0.1) is 11.6 Å². The number of hydrazine groups is 1. The predicted molar refractivity (Wildman–Crippen MR) is 78.6 cm³/mol. The van der Waals surface area contributed by atoms with E-state index in [-0.39, 0.29) is 5.56 Å². The van der Waals surface area contributed by atoms with Crippen molar-refractivity contribution in [3.05, 3.63) is 34.9 Å². The van der Waals surface area contributed by atoms with E-state index in [1.165, 1.54) is 0 Å². The van der Waals surface area contributed by atoms with Crippen LogP contribution in [0.15, 0.2) is 12.1 Å². The number of nitrogens with one attached hydrogen (secondary N) is 1. The first-order valence-electron chi connectivity index (χ1n) is 7.60. The monoisotopic (exact) mass is 298 g/mol. The summed E-state index contributed by atoms with van der Waals surface area (Å²) in [6.45, 7) is 3.98. The number of nitrogens with two attached hydrogens (primary N) is 1. The molecule has 0 aliphatic heterocycles. The minimum absolute atomic E-state index is 0.246. The summed E-state index contributed by atoms with van der Waals surface area (Å²) < 4.78 is 34.2. The van der Waals surface area contributed by atoms with E-state index in [9.17, 15) is 8.78 Å². The summed E-state index contributed by atoms with van der Waals surface area (Å²) in [5.41, 5.74) is 2.64. The van der Waals surface area contributed by atoms with Crippen LogP contribution in [-0.4, -0.2) is 12.2 Å². The molecule has 1 aromatic rings. The molecule has 1 aliphatic rings. The van der Waals surface area contributed by atoms with Crippen LogP contribution in [0.3, 0.4) is 0 Å².